The van der Waals surface area contributed by atoms with E-state index in [9.17, 15) is 53.9 Å². The molecule has 13 rings (SSSR count). The smallest absolute Gasteiger partial charge is 0.382 e. The van der Waals surface area contributed by atoms with Gasteiger partial charge in [0.15, 0.2) is 46.2 Å². The number of carbonyl (C=O) groups is 3. The number of nitrogen functional groups attached to an aromatic ring is 1. The molecular weight excluding hydrogens is 1350 g/mol. The third-order valence-electron chi connectivity index (χ3n) is 13.2. The van der Waals surface area contributed by atoms with Crippen molar-refractivity contribution in [1.82, 2.24) is 95.5 Å². The van der Waals surface area contributed by atoms with Crippen LogP contribution in [0, 0.1) is 22.7 Å². The molecule has 100 heavy (non-hydrogen) atoms. The molecule has 5 N–H and O–H groups in total. The van der Waals surface area contributed by atoms with E-state index in [1.54, 1.807) is 91.0 Å². The van der Waals surface area contributed by atoms with E-state index < -0.39 is 52.7 Å². The number of hydrogen-bond acceptors (Lipinski definition) is 21. The highest BCUT2D eigenvalue weighted by atomic mass is 35.5. The summed E-state index contributed by atoms with van der Waals surface area (Å²) in [7, 11) is 0. The molecule has 27 nitrogen and oxygen atoms in total. The van der Waals surface area contributed by atoms with E-state index in [0.717, 1.165) is 18.2 Å². The van der Waals surface area contributed by atoms with Gasteiger partial charge < -0.3 is 16.4 Å². The molecule has 0 aliphatic rings. The van der Waals surface area contributed by atoms with Crippen LogP contribution in [0.2, 0.25) is 0 Å². The lowest BCUT2D eigenvalue weighted by Crippen LogP contribution is -2.16. The molecule has 10 aromatic heterocycles. The predicted octanol–water partition coefficient (Wildman–Crippen LogP) is 11.3. The summed E-state index contributed by atoms with van der Waals surface area (Å²) in [5, 5.41) is 69.8. The van der Waals surface area contributed by atoms with Crippen LogP contribution in [0.15, 0.2) is 201 Å². The molecule has 0 unspecified atom stereocenters. The van der Waals surface area contributed by atoms with E-state index in [1.165, 1.54) is 91.8 Å². The van der Waals surface area contributed by atoms with Crippen molar-refractivity contribution in [3.63, 3.8) is 0 Å². The Kier molecular flexibility index (Phi) is 20.8. The van der Waals surface area contributed by atoms with E-state index in [-0.39, 0.29) is 63.1 Å². The zero-order valence-corrected chi connectivity index (χ0v) is 50.8. The fraction of sp³-hybridized carbons (Fsp3) is 0.0476. The van der Waals surface area contributed by atoms with E-state index >= 15 is 0 Å². The topological polar surface area (TPSA) is 373 Å². The summed E-state index contributed by atoms with van der Waals surface area (Å²) < 4.78 is 123. The summed E-state index contributed by atoms with van der Waals surface area (Å²) in [6.07, 6.45) is -5.19. The Morgan fingerprint density at radius 2 is 0.840 bits per heavy atom. The number of nitrogens with zero attached hydrogens (tertiary/aromatic N) is 20. The number of alkyl halides is 9. The zero-order valence-electron chi connectivity index (χ0n) is 50.1. The number of halogens is 10. The summed E-state index contributed by atoms with van der Waals surface area (Å²) in [6.45, 7) is 0. The van der Waals surface area contributed by atoms with Crippen LogP contribution in [0.1, 0.15) is 59.3 Å². The molecule has 0 saturated carbocycles. The number of nitrogens with two attached hydrogens (primary N) is 1. The summed E-state index contributed by atoms with van der Waals surface area (Å²) in [4.78, 5) is 47.2. The van der Waals surface area contributed by atoms with Gasteiger partial charge in [0, 0.05) is 76.1 Å². The van der Waals surface area contributed by atoms with Crippen molar-refractivity contribution < 1.29 is 53.9 Å². The summed E-state index contributed by atoms with van der Waals surface area (Å²) in [6, 6.07) is 42.8. The lowest BCUT2D eigenvalue weighted by molar-refractivity contribution is -0.143. The third kappa shape index (κ3) is 17.3. The number of benzene rings is 3. The minimum atomic E-state index is -4.69. The van der Waals surface area contributed by atoms with Gasteiger partial charge >= 0.3 is 18.5 Å². The number of pyridine rings is 3. The van der Waals surface area contributed by atoms with Crippen LogP contribution in [0.3, 0.4) is 0 Å². The van der Waals surface area contributed by atoms with Gasteiger partial charge in [0.25, 0.3) is 17.1 Å². The molecule has 0 saturated heterocycles. The molecule has 37 heteroatoms. The minimum Gasteiger partial charge on any atom is -0.382 e. The Morgan fingerprint density at radius 1 is 0.450 bits per heavy atom. The molecule has 0 atom stereocenters. The second-order valence-corrected chi connectivity index (χ2v) is 20.3. The van der Waals surface area contributed by atoms with E-state index in [1.807, 2.05) is 12.1 Å². The largest absolute Gasteiger partial charge is 0.433 e. The van der Waals surface area contributed by atoms with Gasteiger partial charge in [-0.2, -0.15) is 70.5 Å². The van der Waals surface area contributed by atoms with E-state index in [4.69, 9.17) is 27.9 Å². The third-order valence-corrected chi connectivity index (χ3v) is 13.4. The van der Waals surface area contributed by atoms with E-state index in [0.29, 0.717) is 58.8 Å². The lowest BCUT2D eigenvalue weighted by atomic mass is 10.1. The normalized spacial score (nSPS) is 11.0. The fourth-order valence-electron chi connectivity index (χ4n) is 8.60. The van der Waals surface area contributed by atoms with Gasteiger partial charge in [-0.25, -0.2) is 14.0 Å². The summed E-state index contributed by atoms with van der Waals surface area (Å²) >= 11 is 5.18. The van der Waals surface area contributed by atoms with Gasteiger partial charge in [-0.3, -0.25) is 29.3 Å². The number of aromatic nitrogens is 19. The number of rotatable bonds is 12. The first kappa shape index (κ1) is 68.9. The minimum absolute atomic E-state index is 0.0225. The summed E-state index contributed by atoms with van der Waals surface area (Å²) in [5.74, 6) is -1.00. The predicted molar refractivity (Wildman–Crippen MR) is 335 cm³/mol. The van der Waals surface area contributed by atoms with Crippen molar-refractivity contribution in [2.75, 3.05) is 16.4 Å². The molecular formula is C63H38ClF9N24O3. The average Bonchev–Trinajstić information content (AvgIpc) is 1.65. The van der Waals surface area contributed by atoms with Crippen molar-refractivity contribution in [2.24, 2.45) is 0 Å². The molecule has 0 aliphatic carbocycles. The molecule has 0 aliphatic heterocycles. The molecule has 498 valence electrons. The number of anilines is 3. The van der Waals surface area contributed by atoms with Crippen LogP contribution in [0.5, 0.6) is 0 Å². The number of nitriles is 2. The first-order valence-electron chi connectivity index (χ1n) is 28.1. The highest BCUT2D eigenvalue weighted by molar-refractivity contribution is 6.67. The summed E-state index contributed by atoms with van der Waals surface area (Å²) in [5.41, 5.74) is 6.13. The van der Waals surface area contributed by atoms with Gasteiger partial charge in [-0.05, 0) is 150 Å². The van der Waals surface area contributed by atoms with Crippen molar-refractivity contribution in [3.8, 4) is 74.8 Å². The molecule has 13 aromatic rings. The number of amides is 2. The van der Waals surface area contributed by atoms with Gasteiger partial charge in [0.1, 0.15) is 5.82 Å². The highest BCUT2D eigenvalue weighted by Gasteiger charge is 2.39. The number of nitrogens with one attached hydrogen (secondary N) is 3. The SMILES string of the molecule is N#Cc1cccc(C(=O)Cl)c1.N#Cc1cccc(C(=O)Nc2ccc(-n3nc(-c4cccnc4)cc3C(F)(F)F)nn2)c1.Nc1ccc(-n2nc(-c3cccnc3)cc2C(F)(F)F)nn1.O=C(Nc1ccc(-n2nc(-c3cccnc3)cc2C(F)(F)F)nn1)c1cccc(-c2nn[nH]n2)c1. The molecule has 10 heterocycles. The van der Waals surface area contributed by atoms with Crippen molar-refractivity contribution in [3.05, 3.63) is 246 Å². The maximum atomic E-state index is 13.6. The van der Waals surface area contributed by atoms with Crippen molar-refractivity contribution in [2.45, 2.75) is 18.5 Å². The Hall–Kier alpha value is -13.9. The first-order chi connectivity index (χ1) is 47.9. The van der Waals surface area contributed by atoms with Gasteiger partial charge in [0.2, 0.25) is 5.82 Å². The molecule has 3 aromatic carbocycles. The molecule has 2 amide bonds. The lowest BCUT2D eigenvalue weighted by Gasteiger charge is -2.09. The maximum absolute atomic E-state index is 13.6. The Bertz CT molecular complexity index is 5090. The Balaban J connectivity index is 0.000000153. The van der Waals surface area contributed by atoms with Gasteiger partial charge in [-0.15, -0.1) is 40.8 Å². The molecule has 0 radical (unpaired) electrons. The fourth-order valence-corrected chi connectivity index (χ4v) is 8.72. The van der Waals surface area contributed by atoms with Gasteiger partial charge in [0.05, 0.1) is 40.3 Å². The maximum Gasteiger partial charge on any atom is 0.433 e. The second-order valence-electron chi connectivity index (χ2n) is 20.0. The number of tetrazole rings is 1. The van der Waals surface area contributed by atoms with E-state index in [2.05, 4.69) is 92.1 Å². The zero-order chi connectivity index (χ0) is 71.1. The molecule has 0 bridgehead atoms. The number of carbonyl (C=O) groups excluding carboxylic acids is 3. The Labute approximate surface area is 559 Å². The van der Waals surface area contributed by atoms with Crippen LogP contribution in [0.4, 0.5) is 57.0 Å². The Morgan fingerprint density at radius 3 is 1.19 bits per heavy atom. The second kappa shape index (κ2) is 30.2. The highest BCUT2D eigenvalue weighted by Crippen LogP contribution is 2.37. The quantitative estimate of drug-likeness (QED) is 0.0652. The van der Waals surface area contributed by atoms with Crippen LogP contribution >= 0.6 is 11.6 Å². The van der Waals surface area contributed by atoms with Crippen molar-refractivity contribution >= 4 is 46.1 Å². The number of H-pyrrole nitrogens is 1. The van der Waals surface area contributed by atoms with Crippen LogP contribution < -0.4 is 16.4 Å². The number of aromatic amines is 1. The monoisotopic (exact) mass is 1380 g/mol. The number of hydrogen-bond donors (Lipinski definition) is 4. The van der Waals surface area contributed by atoms with Crippen LogP contribution in [-0.4, -0.2) is 113 Å². The molecule has 0 spiro atoms. The standard InChI is InChI=1S/C21H13F3N10O.C21H12F3N7O.C13H9F3N6.C8H4ClNO/c22-21(23,24)16-10-15(14-5-2-8-25-11-14)31-34(16)18-7-6-17(27-28-18)26-20(35)13-4-1-3-12(9-13)19-29-32-33-30-19;22-21(23,24)17-10-16(15-5-2-8-26-12-15)30-31(17)19-7-6-18(28-29-19)27-20(32)14-4-1-3-13(9-14)11-25;14-13(15,16)10-6-9(8-2-1-5-18-7-8)21-22(10)12-4-3-11(17)19-20-12;9-8(11)7-3-1-2-6(4-7)5-10/h1-11H,(H,26,27,35)(H,29,30,32,33);1-10,12H,(H,27,28,32);1-7H,(H2,17,19);1-4H. The van der Waals surface area contributed by atoms with Crippen LogP contribution in [0.25, 0.3) is 62.6 Å². The van der Waals surface area contributed by atoms with Crippen molar-refractivity contribution in [1.29, 1.82) is 10.5 Å². The van der Waals surface area contributed by atoms with Crippen LogP contribution in [-0.2, 0) is 18.5 Å². The van der Waals surface area contributed by atoms with Gasteiger partial charge in [-0.1, -0.05) is 30.3 Å². The molecule has 0 fully saturated rings. The average molecular weight is 1390 g/mol. The first-order valence-corrected chi connectivity index (χ1v) is 28.5.